The van der Waals surface area contributed by atoms with Gasteiger partial charge in [0.15, 0.2) is 0 Å². The minimum absolute atomic E-state index is 0.557. The van der Waals surface area contributed by atoms with Gasteiger partial charge in [-0.05, 0) is 12.0 Å². The highest BCUT2D eigenvalue weighted by atomic mass is 16.1. The van der Waals surface area contributed by atoms with Gasteiger partial charge >= 0.3 is 0 Å². The SMILES string of the molecule is O=CCCc1cccc2cnncc12. The number of benzene rings is 1. The van der Waals surface area contributed by atoms with Crippen LogP contribution in [0, 0.1) is 0 Å². The van der Waals surface area contributed by atoms with Gasteiger partial charge in [0.05, 0.1) is 12.4 Å². The highest BCUT2D eigenvalue weighted by molar-refractivity contribution is 5.84. The van der Waals surface area contributed by atoms with Crippen molar-refractivity contribution in [2.24, 2.45) is 0 Å². The van der Waals surface area contributed by atoms with E-state index >= 15 is 0 Å². The van der Waals surface area contributed by atoms with Crippen LogP contribution in [0.4, 0.5) is 0 Å². The molecule has 2 aromatic rings. The quantitative estimate of drug-likeness (QED) is 0.686. The number of rotatable bonds is 3. The predicted octanol–water partition coefficient (Wildman–Crippen LogP) is 1.76. The van der Waals surface area contributed by atoms with Crippen molar-refractivity contribution in [1.29, 1.82) is 0 Å². The molecule has 0 atom stereocenters. The van der Waals surface area contributed by atoms with Crippen LogP contribution in [-0.4, -0.2) is 16.5 Å². The van der Waals surface area contributed by atoms with E-state index in [0.717, 1.165) is 29.0 Å². The monoisotopic (exact) mass is 186 g/mol. The fourth-order valence-electron chi connectivity index (χ4n) is 1.52. The van der Waals surface area contributed by atoms with Gasteiger partial charge in [-0.25, -0.2) is 0 Å². The van der Waals surface area contributed by atoms with Gasteiger partial charge in [0.2, 0.25) is 0 Å². The number of aldehydes is 1. The number of hydrogen-bond donors (Lipinski definition) is 0. The molecular formula is C11H10N2O. The Morgan fingerprint density at radius 1 is 1.21 bits per heavy atom. The summed E-state index contributed by atoms with van der Waals surface area (Å²) in [6.45, 7) is 0. The molecule has 0 aliphatic carbocycles. The second-order valence-corrected chi connectivity index (χ2v) is 3.11. The number of aromatic nitrogens is 2. The molecule has 0 saturated carbocycles. The molecule has 1 aromatic heterocycles. The summed E-state index contributed by atoms with van der Waals surface area (Å²) < 4.78 is 0. The molecule has 0 radical (unpaired) electrons. The van der Waals surface area contributed by atoms with Crippen molar-refractivity contribution in [3.05, 3.63) is 36.2 Å². The third kappa shape index (κ3) is 1.62. The lowest BCUT2D eigenvalue weighted by atomic mass is 10.0. The molecular weight excluding hydrogens is 176 g/mol. The van der Waals surface area contributed by atoms with E-state index in [1.54, 1.807) is 12.4 Å². The minimum Gasteiger partial charge on any atom is -0.303 e. The van der Waals surface area contributed by atoms with Crippen LogP contribution in [0.1, 0.15) is 12.0 Å². The van der Waals surface area contributed by atoms with E-state index in [4.69, 9.17) is 0 Å². The lowest BCUT2D eigenvalue weighted by Gasteiger charge is -2.02. The molecule has 3 heteroatoms. The molecule has 0 amide bonds. The van der Waals surface area contributed by atoms with Gasteiger partial charge in [-0.3, -0.25) is 0 Å². The average Bonchev–Trinajstić information content (AvgIpc) is 2.26. The summed E-state index contributed by atoms with van der Waals surface area (Å²) in [5, 5.41) is 9.82. The molecule has 3 nitrogen and oxygen atoms in total. The van der Waals surface area contributed by atoms with Gasteiger partial charge in [0, 0.05) is 17.2 Å². The second-order valence-electron chi connectivity index (χ2n) is 3.11. The topological polar surface area (TPSA) is 42.9 Å². The minimum atomic E-state index is 0.557. The van der Waals surface area contributed by atoms with Crippen LogP contribution in [0.2, 0.25) is 0 Å². The molecule has 0 saturated heterocycles. The highest BCUT2D eigenvalue weighted by Gasteiger charge is 1.99. The maximum atomic E-state index is 10.3. The van der Waals surface area contributed by atoms with Gasteiger partial charge in [0.1, 0.15) is 6.29 Å². The first-order valence-corrected chi connectivity index (χ1v) is 4.54. The third-order valence-corrected chi connectivity index (χ3v) is 2.21. The Morgan fingerprint density at radius 3 is 2.93 bits per heavy atom. The molecule has 70 valence electrons. The summed E-state index contributed by atoms with van der Waals surface area (Å²) in [5.41, 5.74) is 1.16. The lowest BCUT2D eigenvalue weighted by Crippen LogP contribution is -1.89. The van der Waals surface area contributed by atoms with Crippen molar-refractivity contribution in [2.45, 2.75) is 12.8 Å². The van der Waals surface area contributed by atoms with Crippen molar-refractivity contribution in [3.63, 3.8) is 0 Å². The fraction of sp³-hybridized carbons (Fsp3) is 0.182. The molecule has 0 N–H and O–H groups in total. The first-order valence-electron chi connectivity index (χ1n) is 4.54. The zero-order chi connectivity index (χ0) is 9.80. The number of hydrogen-bond acceptors (Lipinski definition) is 3. The average molecular weight is 186 g/mol. The number of carbonyl (C=O) groups is 1. The molecule has 1 heterocycles. The largest absolute Gasteiger partial charge is 0.303 e. The summed E-state index contributed by atoms with van der Waals surface area (Å²) in [4.78, 5) is 10.3. The Kier molecular flexibility index (Phi) is 2.49. The van der Waals surface area contributed by atoms with Gasteiger partial charge in [-0.2, -0.15) is 10.2 Å². The number of aryl methyl sites for hydroxylation is 1. The van der Waals surface area contributed by atoms with E-state index in [0.29, 0.717) is 6.42 Å². The van der Waals surface area contributed by atoms with Crippen LogP contribution < -0.4 is 0 Å². The Bertz CT molecular complexity index is 448. The summed E-state index contributed by atoms with van der Waals surface area (Å²) >= 11 is 0. The van der Waals surface area contributed by atoms with Gasteiger partial charge in [-0.1, -0.05) is 18.2 Å². The van der Waals surface area contributed by atoms with Crippen molar-refractivity contribution in [1.82, 2.24) is 10.2 Å². The molecule has 0 spiro atoms. The highest BCUT2D eigenvalue weighted by Crippen LogP contribution is 2.17. The lowest BCUT2D eigenvalue weighted by molar-refractivity contribution is -0.107. The molecule has 0 bridgehead atoms. The Balaban J connectivity index is 2.48. The zero-order valence-electron chi connectivity index (χ0n) is 7.68. The van der Waals surface area contributed by atoms with E-state index in [1.165, 1.54) is 0 Å². The predicted molar refractivity (Wildman–Crippen MR) is 53.9 cm³/mol. The van der Waals surface area contributed by atoms with Crippen molar-refractivity contribution in [3.8, 4) is 0 Å². The van der Waals surface area contributed by atoms with Crippen LogP contribution in [-0.2, 0) is 11.2 Å². The number of carbonyl (C=O) groups excluding carboxylic acids is 1. The Labute approximate surface area is 81.8 Å². The van der Waals surface area contributed by atoms with Crippen LogP contribution in [0.3, 0.4) is 0 Å². The van der Waals surface area contributed by atoms with Crippen LogP contribution >= 0.6 is 0 Å². The summed E-state index contributed by atoms with van der Waals surface area (Å²) in [6, 6.07) is 5.99. The van der Waals surface area contributed by atoms with Crippen molar-refractivity contribution in [2.75, 3.05) is 0 Å². The summed E-state index contributed by atoms with van der Waals surface area (Å²) in [7, 11) is 0. The van der Waals surface area contributed by atoms with Crippen LogP contribution in [0.15, 0.2) is 30.6 Å². The Hall–Kier alpha value is -1.77. The molecule has 14 heavy (non-hydrogen) atoms. The van der Waals surface area contributed by atoms with Crippen molar-refractivity contribution >= 4 is 17.1 Å². The maximum Gasteiger partial charge on any atom is 0.120 e. The molecule has 2 rings (SSSR count). The standard InChI is InChI=1S/C11H10N2O/c14-6-2-5-9-3-1-4-10-7-12-13-8-11(9)10/h1,3-4,6-8H,2,5H2. The van der Waals surface area contributed by atoms with Gasteiger partial charge < -0.3 is 4.79 Å². The smallest absolute Gasteiger partial charge is 0.120 e. The van der Waals surface area contributed by atoms with E-state index < -0.39 is 0 Å². The summed E-state index contributed by atoms with van der Waals surface area (Å²) in [6.07, 6.45) is 5.75. The van der Waals surface area contributed by atoms with Gasteiger partial charge in [-0.15, -0.1) is 0 Å². The van der Waals surface area contributed by atoms with E-state index in [1.807, 2.05) is 18.2 Å². The number of nitrogens with zero attached hydrogens (tertiary/aromatic N) is 2. The first-order chi connectivity index (χ1) is 6.92. The normalized spacial score (nSPS) is 10.3. The maximum absolute atomic E-state index is 10.3. The van der Waals surface area contributed by atoms with Crippen molar-refractivity contribution < 1.29 is 4.79 Å². The molecule has 1 aromatic carbocycles. The fourth-order valence-corrected chi connectivity index (χ4v) is 1.52. The van der Waals surface area contributed by atoms with Gasteiger partial charge in [0.25, 0.3) is 0 Å². The molecule has 0 aliphatic rings. The molecule has 0 unspecified atom stereocenters. The third-order valence-electron chi connectivity index (χ3n) is 2.21. The van der Waals surface area contributed by atoms with Crippen LogP contribution in [0.25, 0.3) is 10.8 Å². The molecule has 0 fully saturated rings. The van der Waals surface area contributed by atoms with E-state index in [2.05, 4.69) is 10.2 Å². The Morgan fingerprint density at radius 2 is 2.07 bits per heavy atom. The van der Waals surface area contributed by atoms with E-state index in [-0.39, 0.29) is 0 Å². The number of fused-ring (bicyclic) bond motifs is 1. The first kappa shape index (κ1) is 8.81. The zero-order valence-corrected chi connectivity index (χ0v) is 7.68. The van der Waals surface area contributed by atoms with E-state index in [9.17, 15) is 4.79 Å². The van der Waals surface area contributed by atoms with Crippen LogP contribution in [0.5, 0.6) is 0 Å². The summed E-state index contributed by atoms with van der Waals surface area (Å²) in [5.74, 6) is 0. The molecule has 0 aliphatic heterocycles. The second kappa shape index (κ2) is 3.96.